The quantitative estimate of drug-likeness (QED) is 0.678. The zero-order chi connectivity index (χ0) is 10.2. The molecule has 76 valence electrons. The Morgan fingerprint density at radius 3 is 3.14 bits per heavy atom. The van der Waals surface area contributed by atoms with Gasteiger partial charge in [0.2, 0.25) is 0 Å². The van der Waals surface area contributed by atoms with Crippen molar-refractivity contribution in [3.8, 4) is 6.07 Å². The van der Waals surface area contributed by atoms with Crippen molar-refractivity contribution in [1.82, 2.24) is 10.2 Å². The first-order valence-corrected chi connectivity index (χ1v) is 4.93. The van der Waals surface area contributed by atoms with E-state index in [1.54, 1.807) is 6.21 Å². The Morgan fingerprint density at radius 2 is 2.57 bits per heavy atom. The second-order valence-corrected chi connectivity index (χ2v) is 3.07. The van der Waals surface area contributed by atoms with Crippen LogP contribution in [0, 0.1) is 11.3 Å². The summed E-state index contributed by atoms with van der Waals surface area (Å²) < 4.78 is 0. The van der Waals surface area contributed by atoms with Crippen molar-refractivity contribution < 1.29 is 0 Å². The third kappa shape index (κ3) is 3.19. The molecular formula is C10H16N4. The van der Waals surface area contributed by atoms with Gasteiger partial charge in [-0.3, -0.25) is 5.32 Å². The third-order valence-corrected chi connectivity index (χ3v) is 1.98. The Morgan fingerprint density at radius 1 is 1.71 bits per heavy atom. The number of hydrogen-bond acceptors (Lipinski definition) is 4. The third-order valence-electron chi connectivity index (χ3n) is 1.98. The van der Waals surface area contributed by atoms with Crippen LogP contribution in [0.15, 0.2) is 16.9 Å². The van der Waals surface area contributed by atoms with Gasteiger partial charge in [-0.05, 0) is 12.5 Å². The summed E-state index contributed by atoms with van der Waals surface area (Å²) in [5.74, 6) is 0.979. The van der Waals surface area contributed by atoms with Crippen molar-refractivity contribution >= 4 is 6.21 Å². The van der Waals surface area contributed by atoms with Crippen molar-refractivity contribution in [2.75, 3.05) is 19.8 Å². The van der Waals surface area contributed by atoms with Gasteiger partial charge >= 0.3 is 0 Å². The van der Waals surface area contributed by atoms with Crippen LogP contribution < -0.4 is 5.32 Å². The Balaban J connectivity index is 2.55. The molecule has 1 aliphatic heterocycles. The number of nitrogens with one attached hydrogen (secondary N) is 1. The lowest BCUT2D eigenvalue weighted by Gasteiger charge is -2.16. The second kappa shape index (κ2) is 6.17. The lowest BCUT2D eigenvalue weighted by Crippen LogP contribution is -2.20. The Hall–Kier alpha value is -1.34. The van der Waals surface area contributed by atoms with Gasteiger partial charge in [0.1, 0.15) is 5.82 Å². The van der Waals surface area contributed by atoms with Gasteiger partial charge in [-0.2, -0.15) is 5.26 Å². The molecule has 1 heterocycles. The van der Waals surface area contributed by atoms with E-state index in [-0.39, 0.29) is 0 Å². The highest BCUT2D eigenvalue weighted by Gasteiger charge is 2.12. The molecule has 0 spiro atoms. The maximum atomic E-state index is 8.39. The summed E-state index contributed by atoms with van der Waals surface area (Å²) >= 11 is 0. The zero-order valence-corrected chi connectivity index (χ0v) is 8.53. The van der Waals surface area contributed by atoms with Crippen LogP contribution in [0.1, 0.15) is 19.8 Å². The number of nitriles is 1. The Bertz CT molecular complexity index is 256. The van der Waals surface area contributed by atoms with E-state index in [1.165, 1.54) is 0 Å². The van der Waals surface area contributed by atoms with E-state index in [0.29, 0.717) is 6.42 Å². The van der Waals surface area contributed by atoms with Gasteiger partial charge in [0.25, 0.3) is 0 Å². The minimum atomic E-state index is 0.377. The first-order chi connectivity index (χ1) is 6.88. The molecule has 0 saturated carbocycles. The van der Waals surface area contributed by atoms with Crippen LogP contribution in [0.4, 0.5) is 0 Å². The molecule has 1 fully saturated rings. The highest BCUT2D eigenvalue weighted by Crippen LogP contribution is 2.08. The predicted molar refractivity (Wildman–Crippen MR) is 56.7 cm³/mol. The summed E-state index contributed by atoms with van der Waals surface area (Å²) in [6.07, 6.45) is 5.10. The van der Waals surface area contributed by atoms with E-state index in [2.05, 4.69) is 28.2 Å². The largest absolute Gasteiger partial charge is 0.343 e. The van der Waals surface area contributed by atoms with Crippen LogP contribution in [0.5, 0.6) is 0 Å². The van der Waals surface area contributed by atoms with Gasteiger partial charge in [-0.1, -0.05) is 6.92 Å². The van der Waals surface area contributed by atoms with Crippen molar-refractivity contribution in [1.29, 1.82) is 5.26 Å². The molecule has 1 aliphatic rings. The first kappa shape index (κ1) is 10.7. The Kier molecular flexibility index (Phi) is 4.73. The molecule has 0 radical (unpaired) electrons. The molecule has 0 atom stereocenters. The molecule has 0 aromatic rings. The van der Waals surface area contributed by atoms with Crippen molar-refractivity contribution in [2.45, 2.75) is 19.8 Å². The van der Waals surface area contributed by atoms with Gasteiger partial charge in [-0.25, -0.2) is 4.99 Å². The van der Waals surface area contributed by atoms with E-state index in [1.807, 2.05) is 6.07 Å². The molecule has 0 bridgehead atoms. The fraction of sp³-hybridized carbons (Fsp3) is 0.600. The van der Waals surface area contributed by atoms with E-state index in [9.17, 15) is 0 Å². The normalized spacial score (nSPS) is 17.7. The topological polar surface area (TPSA) is 51.4 Å². The van der Waals surface area contributed by atoms with Gasteiger partial charge in [0.05, 0.1) is 19.2 Å². The average molecular weight is 192 g/mol. The van der Waals surface area contributed by atoms with E-state index >= 15 is 0 Å². The van der Waals surface area contributed by atoms with Crippen molar-refractivity contribution in [2.24, 2.45) is 4.99 Å². The van der Waals surface area contributed by atoms with Gasteiger partial charge in [0.15, 0.2) is 0 Å². The molecule has 4 nitrogen and oxygen atoms in total. The van der Waals surface area contributed by atoms with E-state index < -0.39 is 0 Å². The zero-order valence-electron chi connectivity index (χ0n) is 8.53. The Labute approximate surface area is 84.9 Å². The molecule has 0 aliphatic carbocycles. The van der Waals surface area contributed by atoms with E-state index in [0.717, 1.165) is 32.0 Å². The summed E-state index contributed by atoms with van der Waals surface area (Å²) in [6.45, 7) is 4.95. The van der Waals surface area contributed by atoms with Gasteiger partial charge in [0, 0.05) is 19.3 Å². The lowest BCUT2D eigenvalue weighted by molar-refractivity contribution is 0.415. The molecule has 14 heavy (non-hydrogen) atoms. The van der Waals surface area contributed by atoms with Crippen molar-refractivity contribution in [3.05, 3.63) is 11.9 Å². The minimum absolute atomic E-state index is 0.377. The van der Waals surface area contributed by atoms with Crippen LogP contribution in [0.3, 0.4) is 0 Å². The SMILES string of the molecule is CC/C=C(\N=C/CC#N)N1CCNC1. The van der Waals surface area contributed by atoms with Crippen LogP contribution in [0.25, 0.3) is 0 Å². The van der Waals surface area contributed by atoms with Gasteiger partial charge in [-0.15, -0.1) is 0 Å². The van der Waals surface area contributed by atoms with Crippen LogP contribution in [-0.4, -0.2) is 30.9 Å². The molecule has 0 amide bonds. The maximum Gasteiger partial charge on any atom is 0.125 e. The molecule has 1 saturated heterocycles. The summed E-state index contributed by atoms with van der Waals surface area (Å²) in [7, 11) is 0. The van der Waals surface area contributed by atoms with Crippen LogP contribution in [-0.2, 0) is 0 Å². The summed E-state index contributed by atoms with van der Waals surface area (Å²) in [5.41, 5.74) is 0. The number of hydrogen-bond donors (Lipinski definition) is 1. The van der Waals surface area contributed by atoms with E-state index in [4.69, 9.17) is 5.26 Å². The fourth-order valence-electron chi connectivity index (χ4n) is 1.33. The molecule has 0 aromatic heterocycles. The number of allylic oxidation sites excluding steroid dienone is 1. The van der Waals surface area contributed by atoms with Gasteiger partial charge < -0.3 is 4.90 Å². The number of aliphatic imine (C=N–C) groups is 1. The molecule has 0 unspecified atom stereocenters. The van der Waals surface area contributed by atoms with Crippen LogP contribution >= 0.6 is 0 Å². The fourth-order valence-corrected chi connectivity index (χ4v) is 1.33. The summed E-state index contributed by atoms with van der Waals surface area (Å²) in [6, 6.07) is 2.05. The second-order valence-electron chi connectivity index (χ2n) is 3.07. The highest BCUT2D eigenvalue weighted by atomic mass is 15.3. The molecule has 1 N–H and O–H groups in total. The average Bonchev–Trinajstić information content (AvgIpc) is 2.70. The maximum absolute atomic E-state index is 8.39. The molecular weight excluding hydrogens is 176 g/mol. The molecule has 1 rings (SSSR count). The molecule has 0 aromatic carbocycles. The summed E-state index contributed by atoms with van der Waals surface area (Å²) in [4.78, 5) is 6.46. The standard InChI is InChI=1S/C10H16N4/c1-2-4-10(13-6-3-5-11)14-8-7-12-9-14/h4,6,12H,2-3,7-9H2,1H3/b10-4+,13-6-. The smallest absolute Gasteiger partial charge is 0.125 e. The van der Waals surface area contributed by atoms with Crippen LogP contribution in [0.2, 0.25) is 0 Å². The number of rotatable bonds is 4. The summed E-state index contributed by atoms with van der Waals surface area (Å²) in [5, 5.41) is 11.6. The van der Waals surface area contributed by atoms with Crippen molar-refractivity contribution in [3.63, 3.8) is 0 Å². The predicted octanol–water partition coefficient (Wildman–Crippen LogP) is 1.08. The first-order valence-electron chi connectivity index (χ1n) is 4.93. The minimum Gasteiger partial charge on any atom is -0.343 e. The molecule has 4 heteroatoms. The lowest BCUT2D eigenvalue weighted by atomic mass is 10.4. The highest BCUT2D eigenvalue weighted by molar-refractivity contribution is 5.61. The monoisotopic (exact) mass is 192 g/mol. The number of nitrogens with zero attached hydrogens (tertiary/aromatic N) is 3.